The molecule has 1 amide bonds. The van der Waals surface area contributed by atoms with E-state index in [1.165, 1.54) is 36.5 Å². The van der Waals surface area contributed by atoms with E-state index in [9.17, 15) is 13.6 Å². The number of halogens is 2. The second-order valence-corrected chi connectivity index (χ2v) is 5.38. The summed E-state index contributed by atoms with van der Waals surface area (Å²) in [5.74, 6) is -1.03. The number of amides is 1. The monoisotopic (exact) mass is 324 g/mol. The molecular formula is C19H14F2N2O. The third-order valence-corrected chi connectivity index (χ3v) is 3.61. The van der Waals surface area contributed by atoms with Gasteiger partial charge in [-0.3, -0.25) is 9.78 Å². The summed E-state index contributed by atoms with van der Waals surface area (Å²) in [4.78, 5) is 16.5. The van der Waals surface area contributed by atoms with E-state index in [2.05, 4.69) is 10.3 Å². The highest BCUT2D eigenvalue weighted by Gasteiger charge is 2.10. The van der Waals surface area contributed by atoms with Gasteiger partial charge in [-0.25, -0.2) is 8.78 Å². The summed E-state index contributed by atoms with van der Waals surface area (Å²) in [6.07, 6.45) is 3.05. The highest BCUT2D eigenvalue weighted by molar-refractivity contribution is 6.05. The zero-order valence-electron chi connectivity index (χ0n) is 12.9. The summed E-state index contributed by atoms with van der Waals surface area (Å²) < 4.78 is 26.1. The first kappa shape index (κ1) is 15.8. The summed E-state index contributed by atoms with van der Waals surface area (Å²) in [6, 6.07) is 11.8. The molecule has 0 aliphatic carbocycles. The number of carbonyl (C=O) groups excluding carboxylic acids is 1. The van der Waals surface area contributed by atoms with Gasteiger partial charge < -0.3 is 5.32 Å². The number of hydrogen-bond acceptors (Lipinski definition) is 2. The van der Waals surface area contributed by atoms with Gasteiger partial charge in [-0.1, -0.05) is 12.1 Å². The van der Waals surface area contributed by atoms with Crippen LogP contribution in [0.3, 0.4) is 0 Å². The summed E-state index contributed by atoms with van der Waals surface area (Å²) in [5.41, 5.74) is 3.00. The summed E-state index contributed by atoms with van der Waals surface area (Å²) in [7, 11) is 0. The molecule has 0 unspecified atom stereocenters. The molecule has 1 heterocycles. The predicted octanol–water partition coefficient (Wildman–Crippen LogP) is 4.59. The van der Waals surface area contributed by atoms with Gasteiger partial charge in [0.25, 0.3) is 5.91 Å². The Morgan fingerprint density at radius 1 is 0.917 bits per heavy atom. The molecule has 0 spiro atoms. The Labute approximate surface area is 138 Å². The van der Waals surface area contributed by atoms with Gasteiger partial charge in [0.05, 0.1) is 5.56 Å². The van der Waals surface area contributed by atoms with Crippen LogP contribution < -0.4 is 5.32 Å². The molecule has 0 atom stereocenters. The third-order valence-electron chi connectivity index (χ3n) is 3.61. The van der Waals surface area contributed by atoms with Crippen LogP contribution in [0.25, 0.3) is 11.1 Å². The van der Waals surface area contributed by atoms with Crippen LogP contribution in [0.5, 0.6) is 0 Å². The highest BCUT2D eigenvalue weighted by atomic mass is 19.1. The molecule has 0 radical (unpaired) electrons. The SMILES string of the molecule is Cc1cc(F)ccc1NC(=O)c1cncc(-c2ccc(F)cc2)c1. The van der Waals surface area contributed by atoms with Gasteiger partial charge in [-0.05, 0) is 54.4 Å². The van der Waals surface area contributed by atoms with Crippen LogP contribution in [0.2, 0.25) is 0 Å². The second-order valence-electron chi connectivity index (χ2n) is 5.38. The van der Waals surface area contributed by atoms with Crippen molar-refractivity contribution in [3.63, 3.8) is 0 Å². The van der Waals surface area contributed by atoms with E-state index in [-0.39, 0.29) is 17.5 Å². The number of aryl methyl sites for hydroxylation is 1. The number of carbonyl (C=O) groups is 1. The lowest BCUT2D eigenvalue weighted by Crippen LogP contribution is -2.13. The molecule has 1 N–H and O–H groups in total. The van der Waals surface area contributed by atoms with Crippen LogP contribution in [0.15, 0.2) is 60.9 Å². The average molecular weight is 324 g/mol. The van der Waals surface area contributed by atoms with Crippen molar-refractivity contribution in [2.75, 3.05) is 5.32 Å². The standard InChI is InChI=1S/C19H14F2N2O/c1-12-8-17(21)6-7-18(12)23-19(24)15-9-14(10-22-11-15)13-2-4-16(20)5-3-13/h2-11H,1H3,(H,23,24). The van der Waals surface area contributed by atoms with E-state index < -0.39 is 0 Å². The Kier molecular flexibility index (Phi) is 4.33. The molecule has 0 bridgehead atoms. The van der Waals surface area contributed by atoms with Crippen LogP contribution in [-0.4, -0.2) is 10.9 Å². The van der Waals surface area contributed by atoms with Gasteiger partial charge in [0.15, 0.2) is 0 Å². The maximum absolute atomic E-state index is 13.1. The van der Waals surface area contributed by atoms with E-state index >= 15 is 0 Å². The minimum atomic E-state index is -0.356. The van der Waals surface area contributed by atoms with Gasteiger partial charge in [0.1, 0.15) is 11.6 Å². The molecule has 1 aromatic heterocycles. The van der Waals surface area contributed by atoms with Crippen molar-refractivity contribution in [2.45, 2.75) is 6.92 Å². The van der Waals surface area contributed by atoms with Gasteiger partial charge in [-0.2, -0.15) is 0 Å². The maximum atomic E-state index is 13.1. The van der Waals surface area contributed by atoms with Crippen molar-refractivity contribution in [1.82, 2.24) is 4.98 Å². The first-order valence-corrected chi connectivity index (χ1v) is 7.31. The number of hydrogen-bond donors (Lipinski definition) is 1. The zero-order chi connectivity index (χ0) is 17.1. The first-order valence-electron chi connectivity index (χ1n) is 7.31. The molecule has 0 aliphatic rings. The number of rotatable bonds is 3. The molecular weight excluding hydrogens is 310 g/mol. The third kappa shape index (κ3) is 3.46. The number of benzene rings is 2. The Morgan fingerprint density at radius 2 is 1.62 bits per heavy atom. The predicted molar refractivity (Wildman–Crippen MR) is 88.7 cm³/mol. The molecule has 0 saturated heterocycles. The smallest absolute Gasteiger partial charge is 0.257 e. The van der Waals surface area contributed by atoms with Crippen molar-refractivity contribution >= 4 is 11.6 Å². The van der Waals surface area contributed by atoms with Gasteiger partial charge in [-0.15, -0.1) is 0 Å². The second kappa shape index (κ2) is 6.58. The minimum Gasteiger partial charge on any atom is -0.322 e. The summed E-state index contributed by atoms with van der Waals surface area (Å²) >= 11 is 0. The minimum absolute atomic E-state index is 0.326. The highest BCUT2D eigenvalue weighted by Crippen LogP contribution is 2.21. The summed E-state index contributed by atoms with van der Waals surface area (Å²) in [6.45, 7) is 1.71. The van der Waals surface area contributed by atoms with E-state index in [4.69, 9.17) is 0 Å². The lowest BCUT2D eigenvalue weighted by atomic mass is 10.1. The fourth-order valence-electron chi connectivity index (χ4n) is 2.33. The summed E-state index contributed by atoms with van der Waals surface area (Å²) in [5, 5.41) is 2.74. The lowest BCUT2D eigenvalue weighted by molar-refractivity contribution is 0.102. The number of anilines is 1. The number of nitrogens with zero attached hydrogens (tertiary/aromatic N) is 1. The molecule has 0 fully saturated rings. The van der Waals surface area contributed by atoms with E-state index in [1.54, 1.807) is 31.3 Å². The van der Waals surface area contributed by atoms with Crippen molar-refractivity contribution in [3.8, 4) is 11.1 Å². The number of pyridine rings is 1. The van der Waals surface area contributed by atoms with Crippen LogP contribution in [0.4, 0.5) is 14.5 Å². The van der Waals surface area contributed by atoms with Crippen LogP contribution >= 0.6 is 0 Å². The van der Waals surface area contributed by atoms with Crippen molar-refractivity contribution in [1.29, 1.82) is 0 Å². The number of nitrogens with one attached hydrogen (secondary N) is 1. The van der Waals surface area contributed by atoms with Gasteiger partial charge in [0.2, 0.25) is 0 Å². The molecule has 24 heavy (non-hydrogen) atoms. The Morgan fingerprint density at radius 3 is 2.33 bits per heavy atom. The molecule has 120 valence electrons. The Balaban J connectivity index is 1.85. The number of aromatic nitrogens is 1. The topological polar surface area (TPSA) is 42.0 Å². The molecule has 3 nitrogen and oxygen atoms in total. The Hall–Kier alpha value is -3.08. The lowest BCUT2D eigenvalue weighted by Gasteiger charge is -2.09. The fourth-order valence-corrected chi connectivity index (χ4v) is 2.33. The average Bonchev–Trinajstić information content (AvgIpc) is 2.58. The normalized spacial score (nSPS) is 10.5. The fraction of sp³-hybridized carbons (Fsp3) is 0.0526. The molecule has 0 aliphatic heterocycles. The quantitative estimate of drug-likeness (QED) is 0.766. The van der Waals surface area contributed by atoms with Crippen molar-refractivity contribution in [3.05, 3.63) is 83.7 Å². The van der Waals surface area contributed by atoms with Crippen molar-refractivity contribution in [2.24, 2.45) is 0 Å². The molecule has 0 saturated carbocycles. The van der Waals surface area contributed by atoms with Gasteiger partial charge >= 0.3 is 0 Å². The molecule has 3 aromatic rings. The maximum Gasteiger partial charge on any atom is 0.257 e. The molecule has 2 aromatic carbocycles. The largest absolute Gasteiger partial charge is 0.322 e. The van der Waals surface area contributed by atoms with E-state index in [1.807, 2.05) is 0 Å². The molecule has 3 rings (SSSR count). The van der Waals surface area contributed by atoms with Crippen LogP contribution in [-0.2, 0) is 0 Å². The Bertz CT molecular complexity index is 892. The van der Waals surface area contributed by atoms with Crippen molar-refractivity contribution < 1.29 is 13.6 Å². The molecule has 5 heteroatoms. The van der Waals surface area contributed by atoms with E-state index in [0.29, 0.717) is 22.4 Å². The first-order chi connectivity index (χ1) is 11.5. The van der Waals surface area contributed by atoms with Crippen LogP contribution in [0, 0.1) is 18.6 Å². The van der Waals surface area contributed by atoms with Crippen LogP contribution in [0.1, 0.15) is 15.9 Å². The zero-order valence-corrected chi connectivity index (χ0v) is 12.9. The van der Waals surface area contributed by atoms with E-state index in [0.717, 1.165) is 5.56 Å². The van der Waals surface area contributed by atoms with Gasteiger partial charge in [0, 0.05) is 23.6 Å².